The molecular formula is C23H19F3N8O. The van der Waals surface area contributed by atoms with E-state index in [2.05, 4.69) is 25.0 Å². The average Bonchev–Trinajstić information content (AvgIpc) is 3.22. The van der Waals surface area contributed by atoms with Gasteiger partial charge in [0.15, 0.2) is 11.3 Å². The van der Waals surface area contributed by atoms with E-state index >= 15 is 0 Å². The van der Waals surface area contributed by atoms with Crippen molar-refractivity contribution in [3.05, 3.63) is 75.7 Å². The molecule has 0 spiro atoms. The second kappa shape index (κ2) is 7.97. The van der Waals surface area contributed by atoms with Gasteiger partial charge in [-0.25, -0.2) is 19.6 Å². The minimum Gasteiger partial charge on any atom is -0.309 e. The van der Waals surface area contributed by atoms with E-state index in [1.165, 1.54) is 10.7 Å². The predicted molar refractivity (Wildman–Crippen MR) is 117 cm³/mol. The van der Waals surface area contributed by atoms with Crippen LogP contribution in [0.2, 0.25) is 0 Å². The van der Waals surface area contributed by atoms with Gasteiger partial charge in [0.2, 0.25) is 0 Å². The van der Waals surface area contributed by atoms with Crippen molar-refractivity contribution in [2.75, 3.05) is 0 Å². The van der Waals surface area contributed by atoms with E-state index in [0.29, 0.717) is 17.2 Å². The van der Waals surface area contributed by atoms with Gasteiger partial charge >= 0.3 is 6.18 Å². The molecule has 9 nitrogen and oxygen atoms in total. The summed E-state index contributed by atoms with van der Waals surface area (Å²) < 4.78 is 40.1. The summed E-state index contributed by atoms with van der Waals surface area (Å²) in [6, 6.07) is 5.18. The normalized spacial score (nSPS) is 20.9. The summed E-state index contributed by atoms with van der Waals surface area (Å²) >= 11 is 0. The molecule has 4 aromatic heterocycles. The van der Waals surface area contributed by atoms with Gasteiger partial charge < -0.3 is 4.98 Å². The molecule has 0 bridgehead atoms. The Morgan fingerprint density at radius 3 is 2.57 bits per heavy atom. The quantitative estimate of drug-likeness (QED) is 0.473. The molecule has 0 aliphatic heterocycles. The van der Waals surface area contributed by atoms with Crippen molar-refractivity contribution in [2.45, 2.75) is 50.2 Å². The molecule has 0 aromatic carbocycles. The van der Waals surface area contributed by atoms with Crippen LogP contribution in [-0.4, -0.2) is 34.7 Å². The number of rotatable bonds is 4. The van der Waals surface area contributed by atoms with Crippen LogP contribution in [0.1, 0.15) is 67.2 Å². The van der Waals surface area contributed by atoms with E-state index in [4.69, 9.17) is 4.98 Å². The molecule has 0 radical (unpaired) electrons. The van der Waals surface area contributed by atoms with Crippen LogP contribution in [-0.2, 0) is 11.6 Å². The Bertz CT molecular complexity index is 1500. The van der Waals surface area contributed by atoms with E-state index in [1.807, 2.05) is 13.0 Å². The lowest BCUT2D eigenvalue weighted by Gasteiger charge is -2.45. The molecule has 5 rings (SSSR count). The Hall–Kier alpha value is -4.14. The summed E-state index contributed by atoms with van der Waals surface area (Å²) in [6.07, 6.45) is 1.43. The van der Waals surface area contributed by atoms with Crippen LogP contribution in [0, 0.1) is 11.3 Å². The van der Waals surface area contributed by atoms with Gasteiger partial charge in [-0.05, 0) is 37.5 Å². The Labute approximate surface area is 196 Å². The molecule has 0 unspecified atom stereocenters. The van der Waals surface area contributed by atoms with Crippen LogP contribution in [0.15, 0.2) is 41.6 Å². The molecule has 1 aliphatic carbocycles. The Morgan fingerprint density at radius 1 is 1.26 bits per heavy atom. The second-order valence-electron chi connectivity index (χ2n) is 8.78. The van der Waals surface area contributed by atoms with Crippen LogP contribution < -0.4 is 5.56 Å². The van der Waals surface area contributed by atoms with Crippen molar-refractivity contribution in [3.8, 4) is 6.07 Å². The number of pyridine rings is 1. The zero-order valence-corrected chi connectivity index (χ0v) is 18.7. The first kappa shape index (κ1) is 22.6. The smallest absolute Gasteiger partial charge is 0.309 e. The molecule has 35 heavy (non-hydrogen) atoms. The maximum atomic E-state index is 13.1. The predicted octanol–water partition coefficient (Wildman–Crippen LogP) is 3.64. The minimum atomic E-state index is -4.56. The van der Waals surface area contributed by atoms with Gasteiger partial charge in [0.05, 0.1) is 6.04 Å². The summed E-state index contributed by atoms with van der Waals surface area (Å²) in [7, 11) is 0. The fraction of sp³-hybridized carbons (Fsp3) is 0.348. The number of aromatic amines is 1. The highest BCUT2D eigenvalue weighted by atomic mass is 19.4. The summed E-state index contributed by atoms with van der Waals surface area (Å²) in [5.74, 6) is 1.01. The fourth-order valence-electron chi connectivity index (χ4n) is 4.54. The highest BCUT2D eigenvalue weighted by molar-refractivity contribution is 5.80. The standard InChI is InChI=1S/C23H19F3N8O/c1-12(13-4-5-16(30-11-13)23(24,25)26)34-19-17(15(10-27)33-34)20(35)32-21(31-19)22(2)7-6-14(22)18-28-8-3-9-29-18/h3-5,8-9,11-12,14H,6-7H2,1-2H3,(H,31,32,35)/t12-,14-,22+/m1/s1. The monoisotopic (exact) mass is 480 g/mol. The summed E-state index contributed by atoms with van der Waals surface area (Å²) in [5, 5.41) is 13.9. The Morgan fingerprint density at radius 2 is 2.00 bits per heavy atom. The molecule has 1 aliphatic rings. The van der Waals surface area contributed by atoms with Crippen LogP contribution in [0.4, 0.5) is 13.2 Å². The van der Waals surface area contributed by atoms with Crippen molar-refractivity contribution >= 4 is 11.0 Å². The van der Waals surface area contributed by atoms with Crippen molar-refractivity contribution in [1.82, 2.24) is 34.7 Å². The number of hydrogen-bond donors (Lipinski definition) is 1. The van der Waals surface area contributed by atoms with E-state index in [9.17, 15) is 23.2 Å². The number of hydrogen-bond acceptors (Lipinski definition) is 7. The molecule has 0 amide bonds. The molecule has 4 aromatic rings. The van der Waals surface area contributed by atoms with Crippen molar-refractivity contribution in [3.63, 3.8) is 0 Å². The maximum Gasteiger partial charge on any atom is 0.433 e. The van der Waals surface area contributed by atoms with Gasteiger partial charge in [0, 0.05) is 29.9 Å². The number of alkyl halides is 3. The van der Waals surface area contributed by atoms with Gasteiger partial charge in [-0.2, -0.15) is 23.5 Å². The SMILES string of the molecule is C[C@H](c1ccc(C(F)(F)F)nc1)n1nc(C#N)c2c(=O)[nH]c([C@@]3(C)CC[C@@H]3c3ncccn3)nc21. The first-order valence-corrected chi connectivity index (χ1v) is 10.9. The molecule has 4 heterocycles. The topological polar surface area (TPSA) is 126 Å². The van der Waals surface area contributed by atoms with Crippen LogP contribution in [0.5, 0.6) is 0 Å². The van der Waals surface area contributed by atoms with Gasteiger partial charge in [-0.3, -0.25) is 9.78 Å². The molecule has 1 fully saturated rings. The van der Waals surface area contributed by atoms with E-state index in [1.54, 1.807) is 25.4 Å². The molecule has 1 saturated carbocycles. The highest BCUT2D eigenvalue weighted by Crippen LogP contribution is 2.52. The van der Waals surface area contributed by atoms with E-state index < -0.39 is 28.9 Å². The highest BCUT2D eigenvalue weighted by Gasteiger charge is 2.48. The van der Waals surface area contributed by atoms with Gasteiger partial charge in [0.1, 0.15) is 28.8 Å². The summed E-state index contributed by atoms with van der Waals surface area (Å²) in [6.45, 7) is 3.66. The average molecular weight is 480 g/mol. The minimum absolute atomic E-state index is 0.0263. The number of aromatic nitrogens is 7. The summed E-state index contributed by atoms with van der Waals surface area (Å²) in [4.78, 5) is 32.8. The van der Waals surface area contributed by atoms with Gasteiger partial charge in [-0.1, -0.05) is 13.0 Å². The van der Waals surface area contributed by atoms with E-state index in [-0.39, 0.29) is 22.6 Å². The zero-order valence-electron chi connectivity index (χ0n) is 18.7. The van der Waals surface area contributed by atoms with Crippen LogP contribution in [0.25, 0.3) is 11.0 Å². The van der Waals surface area contributed by atoms with E-state index in [0.717, 1.165) is 25.1 Å². The Kier molecular flexibility index (Phi) is 5.16. The molecule has 0 saturated heterocycles. The lowest BCUT2D eigenvalue weighted by atomic mass is 9.60. The first-order chi connectivity index (χ1) is 16.6. The third kappa shape index (κ3) is 3.63. The number of halogens is 3. The maximum absolute atomic E-state index is 13.1. The molecular weight excluding hydrogens is 461 g/mol. The largest absolute Gasteiger partial charge is 0.433 e. The van der Waals surface area contributed by atoms with Crippen molar-refractivity contribution in [2.24, 2.45) is 0 Å². The first-order valence-electron chi connectivity index (χ1n) is 10.9. The number of nitrogens with one attached hydrogen (secondary N) is 1. The number of fused-ring (bicyclic) bond motifs is 1. The third-order valence-corrected chi connectivity index (χ3v) is 6.75. The third-order valence-electron chi connectivity index (χ3n) is 6.75. The Balaban J connectivity index is 1.61. The van der Waals surface area contributed by atoms with Crippen LogP contribution >= 0.6 is 0 Å². The summed E-state index contributed by atoms with van der Waals surface area (Å²) in [5.41, 5.74) is -1.59. The molecule has 1 N–H and O–H groups in total. The fourth-order valence-corrected chi connectivity index (χ4v) is 4.54. The molecule has 12 heteroatoms. The van der Waals surface area contributed by atoms with Crippen molar-refractivity contribution < 1.29 is 13.2 Å². The molecule has 178 valence electrons. The lowest BCUT2D eigenvalue weighted by Crippen LogP contribution is -2.43. The van der Waals surface area contributed by atoms with Gasteiger partial charge in [0.25, 0.3) is 5.56 Å². The lowest BCUT2D eigenvalue weighted by molar-refractivity contribution is -0.141. The van der Waals surface area contributed by atoms with Crippen molar-refractivity contribution in [1.29, 1.82) is 5.26 Å². The zero-order chi connectivity index (χ0) is 25.0. The second-order valence-corrected chi connectivity index (χ2v) is 8.78. The number of H-pyrrole nitrogens is 1. The number of nitrogens with zero attached hydrogens (tertiary/aromatic N) is 7. The van der Waals surface area contributed by atoms with Crippen LogP contribution in [0.3, 0.4) is 0 Å². The number of nitriles is 1. The molecule has 3 atom stereocenters. The van der Waals surface area contributed by atoms with Gasteiger partial charge in [-0.15, -0.1) is 0 Å².